The minimum atomic E-state index is -4.39. The number of benzene rings is 1. The molecule has 1 fully saturated rings. The van der Waals surface area contributed by atoms with Crippen molar-refractivity contribution in [3.8, 4) is 0 Å². The maximum Gasteiger partial charge on any atom is 0.416 e. The second kappa shape index (κ2) is 9.05. The van der Waals surface area contributed by atoms with Crippen LogP contribution < -0.4 is 0 Å². The largest absolute Gasteiger partial charge is 0.478 e. The molecule has 152 valence electrons. The van der Waals surface area contributed by atoms with E-state index in [0.29, 0.717) is 23.5 Å². The number of alkyl halides is 3. The number of halogens is 3. The average Bonchev–Trinajstić information content (AvgIpc) is 3.20. The Hall–Kier alpha value is -2.93. The van der Waals surface area contributed by atoms with Crippen molar-refractivity contribution in [2.45, 2.75) is 19.0 Å². The van der Waals surface area contributed by atoms with Crippen LogP contribution in [0.15, 0.2) is 54.6 Å². The van der Waals surface area contributed by atoms with Crippen LogP contribution in [0.4, 0.5) is 13.2 Å². The fourth-order valence-corrected chi connectivity index (χ4v) is 3.25. The van der Waals surface area contributed by atoms with E-state index in [9.17, 15) is 18.0 Å². The van der Waals surface area contributed by atoms with E-state index in [4.69, 9.17) is 5.11 Å². The lowest BCUT2D eigenvalue weighted by molar-refractivity contribution is -0.137. The van der Waals surface area contributed by atoms with Crippen molar-refractivity contribution in [1.29, 1.82) is 0 Å². The third kappa shape index (κ3) is 5.77. The highest BCUT2D eigenvalue weighted by Gasteiger charge is 2.30. The number of hydrogen-bond donors (Lipinski definition) is 1. The van der Waals surface area contributed by atoms with Gasteiger partial charge in [0, 0.05) is 18.2 Å². The van der Waals surface area contributed by atoms with Crippen molar-refractivity contribution in [3.05, 3.63) is 77.1 Å². The van der Waals surface area contributed by atoms with Crippen LogP contribution in [-0.2, 0) is 11.0 Å². The molecule has 0 aliphatic carbocycles. The molecule has 0 spiro atoms. The molecule has 0 bridgehead atoms. The Morgan fingerprint density at radius 1 is 1.10 bits per heavy atom. The van der Waals surface area contributed by atoms with Gasteiger partial charge in [0.05, 0.1) is 17.0 Å². The Morgan fingerprint density at radius 3 is 2.41 bits per heavy atom. The van der Waals surface area contributed by atoms with Gasteiger partial charge in [-0.2, -0.15) is 13.2 Å². The summed E-state index contributed by atoms with van der Waals surface area (Å²) < 4.78 is 38.7. The van der Waals surface area contributed by atoms with Crippen LogP contribution >= 0.6 is 0 Å². The van der Waals surface area contributed by atoms with Crippen LogP contribution in [0.2, 0.25) is 0 Å². The first kappa shape index (κ1) is 20.8. The van der Waals surface area contributed by atoms with Crippen LogP contribution in [-0.4, -0.2) is 40.6 Å². The molecule has 4 nitrogen and oxygen atoms in total. The summed E-state index contributed by atoms with van der Waals surface area (Å²) in [6, 6.07) is 10.2. The first-order valence-electron chi connectivity index (χ1n) is 9.31. The lowest BCUT2D eigenvalue weighted by atomic mass is 9.99. The molecule has 0 amide bonds. The first-order valence-corrected chi connectivity index (χ1v) is 9.31. The molecule has 0 radical (unpaired) electrons. The normalized spacial score (nSPS) is 15.9. The molecule has 0 atom stereocenters. The van der Waals surface area contributed by atoms with E-state index in [1.165, 1.54) is 18.2 Å². The Bertz CT molecular complexity index is 912. The summed E-state index contributed by atoms with van der Waals surface area (Å²) in [7, 11) is 0. The van der Waals surface area contributed by atoms with Gasteiger partial charge >= 0.3 is 12.1 Å². The number of hydrogen-bond acceptors (Lipinski definition) is 3. The molecule has 1 aromatic carbocycles. The van der Waals surface area contributed by atoms with E-state index >= 15 is 0 Å². The summed E-state index contributed by atoms with van der Waals surface area (Å²) in [6.07, 6.45) is 2.24. The van der Waals surface area contributed by atoms with Crippen LogP contribution in [0.1, 0.15) is 35.4 Å². The number of carbonyl (C=O) groups is 1. The Kier molecular flexibility index (Phi) is 6.49. The lowest BCUT2D eigenvalue weighted by Crippen LogP contribution is -2.19. The lowest BCUT2D eigenvalue weighted by Gasteiger charge is -2.15. The Labute approximate surface area is 167 Å². The van der Waals surface area contributed by atoms with Gasteiger partial charge in [-0.05, 0) is 61.8 Å². The smallest absolute Gasteiger partial charge is 0.416 e. The quantitative estimate of drug-likeness (QED) is 0.710. The summed E-state index contributed by atoms with van der Waals surface area (Å²) in [6.45, 7) is 2.66. The molecular weight excluding hydrogens is 381 g/mol. The van der Waals surface area contributed by atoms with Gasteiger partial charge < -0.3 is 5.11 Å². The highest BCUT2D eigenvalue weighted by molar-refractivity contribution is 5.85. The zero-order chi connectivity index (χ0) is 20.9. The van der Waals surface area contributed by atoms with Crippen LogP contribution in [0.5, 0.6) is 0 Å². The monoisotopic (exact) mass is 402 g/mol. The number of nitrogens with zero attached hydrogens (tertiary/aromatic N) is 2. The second-order valence-electron chi connectivity index (χ2n) is 6.82. The van der Waals surface area contributed by atoms with Gasteiger partial charge in [-0.15, -0.1) is 0 Å². The van der Waals surface area contributed by atoms with E-state index in [1.54, 1.807) is 18.2 Å². The van der Waals surface area contributed by atoms with Gasteiger partial charge in [0.1, 0.15) is 0 Å². The van der Waals surface area contributed by atoms with Crippen LogP contribution in [0.25, 0.3) is 11.6 Å². The highest BCUT2D eigenvalue weighted by Crippen LogP contribution is 2.31. The van der Waals surface area contributed by atoms with Crippen molar-refractivity contribution >= 4 is 17.6 Å². The highest BCUT2D eigenvalue weighted by atomic mass is 19.4. The fraction of sp³-hybridized carbons (Fsp3) is 0.273. The van der Waals surface area contributed by atoms with Crippen molar-refractivity contribution in [2.75, 3.05) is 19.6 Å². The first-order chi connectivity index (χ1) is 13.8. The van der Waals surface area contributed by atoms with Gasteiger partial charge in [-0.25, -0.2) is 9.78 Å². The number of likely N-dealkylation sites (tertiary alicyclic amines) is 1. The molecule has 29 heavy (non-hydrogen) atoms. The van der Waals surface area contributed by atoms with E-state index < -0.39 is 17.7 Å². The van der Waals surface area contributed by atoms with Gasteiger partial charge in [-0.3, -0.25) is 4.90 Å². The molecule has 1 N–H and O–H groups in total. The number of aromatic nitrogens is 1. The van der Waals surface area contributed by atoms with Crippen molar-refractivity contribution in [1.82, 2.24) is 9.88 Å². The third-order valence-corrected chi connectivity index (χ3v) is 4.72. The summed E-state index contributed by atoms with van der Waals surface area (Å²) in [5.74, 6) is -1.08. The zero-order valence-electron chi connectivity index (χ0n) is 15.7. The molecule has 1 aliphatic heterocycles. The van der Waals surface area contributed by atoms with Gasteiger partial charge in [-0.1, -0.05) is 24.3 Å². The summed E-state index contributed by atoms with van der Waals surface area (Å²) in [5, 5.41) is 8.81. The summed E-state index contributed by atoms with van der Waals surface area (Å²) in [5.41, 5.74) is 1.69. The number of pyridine rings is 1. The molecular formula is C22H21F3N2O2. The molecule has 1 aliphatic rings. The van der Waals surface area contributed by atoms with E-state index in [-0.39, 0.29) is 0 Å². The van der Waals surface area contributed by atoms with Crippen molar-refractivity contribution < 1.29 is 23.1 Å². The number of carboxylic acid groups (broad SMARTS) is 1. The average molecular weight is 402 g/mol. The van der Waals surface area contributed by atoms with E-state index in [1.807, 2.05) is 6.08 Å². The second-order valence-corrected chi connectivity index (χ2v) is 6.82. The predicted molar refractivity (Wildman–Crippen MR) is 105 cm³/mol. The topological polar surface area (TPSA) is 53.4 Å². The zero-order valence-corrected chi connectivity index (χ0v) is 15.7. The maximum atomic E-state index is 12.9. The predicted octanol–water partition coefficient (Wildman–Crippen LogP) is 4.73. The molecule has 7 heteroatoms. The Balaban J connectivity index is 1.96. The van der Waals surface area contributed by atoms with Gasteiger partial charge in [0.15, 0.2) is 0 Å². The standard InChI is InChI=1S/C22H21F3N2O2/c23-22(24,25)17-8-6-16(7-9-17)19(12-15-27-13-1-2-14-27)20-5-3-4-18(26-20)10-11-21(28)29/h3-12H,1-2,13-15H2,(H,28,29). The van der Waals surface area contributed by atoms with Crippen molar-refractivity contribution in [3.63, 3.8) is 0 Å². The molecule has 1 saturated heterocycles. The third-order valence-electron chi connectivity index (χ3n) is 4.72. The molecule has 0 unspecified atom stereocenters. The molecule has 1 aromatic heterocycles. The van der Waals surface area contributed by atoms with Gasteiger partial charge in [0.25, 0.3) is 0 Å². The minimum absolute atomic E-state index is 0.462. The van der Waals surface area contributed by atoms with E-state index in [0.717, 1.165) is 49.7 Å². The van der Waals surface area contributed by atoms with Crippen LogP contribution in [0.3, 0.4) is 0 Å². The van der Waals surface area contributed by atoms with Crippen LogP contribution in [0, 0.1) is 0 Å². The molecule has 0 saturated carbocycles. The number of aliphatic carboxylic acids is 1. The SMILES string of the molecule is O=C(O)C=Cc1cccc(C(=CCN2CCCC2)c2ccc(C(F)(F)F)cc2)n1. The summed E-state index contributed by atoms with van der Waals surface area (Å²) >= 11 is 0. The van der Waals surface area contributed by atoms with Gasteiger partial charge in [0.2, 0.25) is 0 Å². The van der Waals surface area contributed by atoms with E-state index in [2.05, 4.69) is 9.88 Å². The molecule has 3 rings (SSSR count). The fourth-order valence-electron chi connectivity index (χ4n) is 3.25. The molecule has 2 aromatic rings. The molecule has 2 heterocycles. The minimum Gasteiger partial charge on any atom is -0.478 e. The summed E-state index contributed by atoms with van der Waals surface area (Å²) in [4.78, 5) is 17.5. The number of rotatable bonds is 6. The Morgan fingerprint density at radius 2 is 1.79 bits per heavy atom. The number of carboxylic acids is 1. The maximum absolute atomic E-state index is 12.9. The van der Waals surface area contributed by atoms with Crippen molar-refractivity contribution in [2.24, 2.45) is 0 Å².